The van der Waals surface area contributed by atoms with Crippen LogP contribution in [0.3, 0.4) is 0 Å². The lowest BCUT2D eigenvalue weighted by Gasteiger charge is -2.25. The third kappa shape index (κ3) is 5.42. The maximum Gasteiger partial charge on any atom is 0.169 e. The molecule has 1 heterocycles. The van der Waals surface area contributed by atoms with Crippen molar-refractivity contribution in [2.45, 2.75) is 25.4 Å². The molecule has 2 aliphatic rings. The van der Waals surface area contributed by atoms with E-state index in [1.165, 1.54) is 65.7 Å². The van der Waals surface area contributed by atoms with Gasteiger partial charge in [-0.3, -0.25) is 0 Å². The second-order valence-electron chi connectivity index (χ2n) is 15.8. The maximum atomic E-state index is 5.47. The Bertz CT molecular complexity index is 3100. The first-order valence-corrected chi connectivity index (χ1v) is 19.8. The summed E-state index contributed by atoms with van der Waals surface area (Å²) in [7, 11) is 0. The van der Waals surface area contributed by atoms with Crippen LogP contribution in [-0.4, -0.2) is 11.7 Å². The molecule has 9 aromatic rings. The molecule has 1 atom stereocenters. The summed E-state index contributed by atoms with van der Waals surface area (Å²) in [6, 6.07) is 67.9. The van der Waals surface area contributed by atoms with Crippen molar-refractivity contribution in [3.8, 4) is 33.4 Å². The van der Waals surface area contributed by atoms with E-state index in [1.54, 1.807) is 0 Å². The molecule has 11 rings (SSSR count). The SMILES string of the molecule is CC1(C)c2ccccc2-c2ccc(-c3ccccc3C3=NC(c4ccc5c6ccccc6c6ccccc6c5c4)N=C(c4cccc(-c5ccccc5)c4)N3)cc21. The van der Waals surface area contributed by atoms with Crippen molar-refractivity contribution in [2.24, 2.45) is 9.98 Å². The quantitative estimate of drug-likeness (QED) is 0.176. The summed E-state index contributed by atoms with van der Waals surface area (Å²) >= 11 is 0. The fourth-order valence-electron chi connectivity index (χ4n) is 9.26. The van der Waals surface area contributed by atoms with E-state index in [0.717, 1.165) is 39.5 Å². The van der Waals surface area contributed by atoms with Gasteiger partial charge in [0, 0.05) is 16.5 Å². The van der Waals surface area contributed by atoms with Gasteiger partial charge >= 0.3 is 0 Å². The van der Waals surface area contributed by atoms with Crippen LogP contribution in [0, 0.1) is 0 Å². The van der Waals surface area contributed by atoms with Gasteiger partial charge in [0.15, 0.2) is 6.17 Å². The molecule has 1 aliphatic carbocycles. The summed E-state index contributed by atoms with van der Waals surface area (Å²) in [6.07, 6.45) is -0.465. The topological polar surface area (TPSA) is 36.8 Å². The highest BCUT2D eigenvalue weighted by Crippen LogP contribution is 2.49. The average Bonchev–Trinajstić information content (AvgIpc) is 3.51. The van der Waals surface area contributed by atoms with Gasteiger partial charge in [-0.15, -0.1) is 0 Å². The summed E-state index contributed by atoms with van der Waals surface area (Å²) in [5.74, 6) is 1.60. The van der Waals surface area contributed by atoms with Gasteiger partial charge in [0.2, 0.25) is 0 Å². The Labute approximate surface area is 332 Å². The lowest BCUT2D eigenvalue weighted by atomic mass is 9.81. The lowest BCUT2D eigenvalue weighted by Crippen LogP contribution is -2.36. The molecule has 0 radical (unpaired) electrons. The van der Waals surface area contributed by atoms with E-state index in [1.807, 2.05) is 0 Å². The van der Waals surface area contributed by atoms with Crippen LogP contribution in [0.25, 0.3) is 65.7 Å². The monoisotopic (exact) mass is 729 g/mol. The van der Waals surface area contributed by atoms with Crippen molar-refractivity contribution in [3.63, 3.8) is 0 Å². The number of nitrogens with zero attached hydrogens (tertiary/aromatic N) is 2. The van der Waals surface area contributed by atoms with Crippen LogP contribution in [0.15, 0.2) is 198 Å². The van der Waals surface area contributed by atoms with Gasteiger partial charge in [0.25, 0.3) is 0 Å². The van der Waals surface area contributed by atoms with Crippen molar-refractivity contribution >= 4 is 44.0 Å². The predicted octanol–water partition coefficient (Wildman–Crippen LogP) is 13.3. The Hall–Kier alpha value is -7.10. The highest BCUT2D eigenvalue weighted by molar-refractivity contribution is 6.25. The van der Waals surface area contributed by atoms with Crippen molar-refractivity contribution in [2.75, 3.05) is 0 Å². The fraction of sp³-hybridized carbons (Fsp3) is 0.0741. The van der Waals surface area contributed by atoms with E-state index in [4.69, 9.17) is 9.98 Å². The normalized spacial score (nSPS) is 15.5. The second kappa shape index (κ2) is 13.0. The summed E-state index contributed by atoms with van der Waals surface area (Å²) in [5, 5.41) is 11.2. The van der Waals surface area contributed by atoms with Gasteiger partial charge in [-0.1, -0.05) is 184 Å². The molecule has 0 bridgehead atoms. The van der Waals surface area contributed by atoms with Crippen molar-refractivity contribution in [1.29, 1.82) is 0 Å². The Morgan fingerprint density at radius 2 is 0.930 bits per heavy atom. The highest BCUT2D eigenvalue weighted by atomic mass is 15.2. The minimum atomic E-state index is -0.465. The van der Waals surface area contributed by atoms with Gasteiger partial charge in [-0.05, 0) is 101 Å². The Kier molecular flexibility index (Phi) is 7.58. The molecule has 1 aliphatic heterocycles. The number of benzene rings is 9. The number of fused-ring (bicyclic) bond motifs is 9. The number of hydrogen-bond acceptors (Lipinski definition) is 3. The van der Waals surface area contributed by atoms with Crippen LogP contribution in [0.4, 0.5) is 0 Å². The fourth-order valence-corrected chi connectivity index (χ4v) is 9.26. The summed E-state index contributed by atoms with van der Waals surface area (Å²) in [4.78, 5) is 10.9. The van der Waals surface area contributed by atoms with Crippen molar-refractivity contribution in [1.82, 2.24) is 5.32 Å². The van der Waals surface area contributed by atoms with E-state index in [2.05, 4.69) is 207 Å². The molecule has 0 amide bonds. The van der Waals surface area contributed by atoms with E-state index < -0.39 is 6.17 Å². The zero-order valence-corrected chi connectivity index (χ0v) is 31.9. The predicted molar refractivity (Wildman–Crippen MR) is 239 cm³/mol. The molecule has 3 heteroatoms. The molecular formula is C54H39N3. The Morgan fingerprint density at radius 3 is 1.68 bits per heavy atom. The molecule has 270 valence electrons. The van der Waals surface area contributed by atoms with Crippen LogP contribution in [0.1, 0.15) is 47.8 Å². The number of aliphatic imine (C=N–C) groups is 2. The summed E-state index contributed by atoms with van der Waals surface area (Å²) in [6.45, 7) is 4.68. The first-order chi connectivity index (χ1) is 28.0. The third-order valence-electron chi connectivity index (χ3n) is 12.1. The standard InChI is InChI=1S/C54H39N3/c1-54(2)49-26-13-12-24-45(49)46-30-27-36(33-50(46)54)39-19-6-11-25-47(39)53-56-51(37-18-14-17-35(31-37)34-15-4-3-5-16-34)55-52(57-53)38-28-29-44-42-22-8-7-20-40(42)41-21-9-10-23-43(41)48(44)32-38/h3-33,52H,1-2H3,(H,55,56,57). The van der Waals surface area contributed by atoms with Crippen LogP contribution in [-0.2, 0) is 5.41 Å². The van der Waals surface area contributed by atoms with Gasteiger partial charge in [-0.2, -0.15) is 0 Å². The van der Waals surface area contributed by atoms with E-state index >= 15 is 0 Å². The molecule has 0 spiro atoms. The molecule has 0 aromatic heterocycles. The third-order valence-corrected chi connectivity index (χ3v) is 12.1. The van der Waals surface area contributed by atoms with Gasteiger partial charge < -0.3 is 5.32 Å². The van der Waals surface area contributed by atoms with Crippen LogP contribution in [0.5, 0.6) is 0 Å². The van der Waals surface area contributed by atoms with Crippen molar-refractivity contribution < 1.29 is 0 Å². The van der Waals surface area contributed by atoms with Gasteiger partial charge in [-0.25, -0.2) is 9.98 Å². The van der Waals surface area contributed by atoms with Crippen LogP contribution in [0.2, 0.25) is 0 Å². The van der Waals surface area contributed by atoms with E-state index in [-0.39, 0.29) is 5.41 Å². The molecular weight excluding hydrogens is 691 g/mol. The van der Waals surface area contributed by atoms with Crippen LogP contribution >= 0.6 is 0 Å². The minimum Gasteiger partial charge on any atom is -0.324 e. The molecule has 9 aromatic carbocycles. The molecule has 0 saturated carbocycles. The first kappa shape index (κ1) is 33.3. The summed E-state index contributed by atoms with van der Waals surface area (Å²) < 4.78 is 0. The van der Waals surface area contributed by atoms with Gasteiger partial charge in [0.05, 0.1) is 0 Å². The first-order valence-electron chi connectivity index (χ1n) is 19.8. The second-order valence-corrected chi connectivity index (χ2v) is 15.8. The molecule has 1 N–H and O–H groups in total. The van der Waals surface area contributed by atoms with Gasteiger partial charge in [0.1, 0.15) is 11.7 Å². The smallest absolute Gasteiger partial charge is 0.169 e. The molecule has 1 unspecified atom stereocenters. The largest absolute Gasteiger partial charge is 0.324 e. The Morgan fingerprint density at radius 1 is 0.368 bits per heavy atom. The molecule has 3 nitrogen and oxygen atoms in total. The van der Waals surface area contributed by atoms with Crippen molar-refractivity contribution in [3.05, 3.63) is 216 Å². The zero-order valence-electron chi connectivity index (χ0n) is 31.9. The maximum absolute atomic E-state index is 5.47. The van der Waals surface area contributed by atoms with E-state index in [9.17, 15) is 0 Å². The minimum absolute atomic E-state index is 0.0994. The Balaban J connectivity index is 1.08. The number of hydrogen-bond donors (Lipinski definition) is 1. The molecule has 57 heavy (non-hydrogen) atoms. The van der Waals surface area contributed by atoms with E-state index in [0.29, 0.717) is 0 Å². The number of nitrogens with one attached hydrogen (secondary N) is 1. The summed E-state index contributed by atoms with van der Waals surface area (Å²) in [5.41, 5.74) is 13.0. The highest BCUT2D eigenvalue weighted by Gasteiger charge is 2.35. The van der Waals surface area contributed by atoms with Crippen LogP contribution < -0.4 is 5.32 Å². The lowest BCUT2D eigenvalue weighted by molar-refractivity contribution is 0.660. The average molecular weight is 730 g/mol. The number of rotatable bonds is 5. The molecule has 0 saturated heterocycles. The number of amidine groups is 2. The zero-order chi connectivity index (χ0) is 38.1. The molecule has 0 fully saturated rings.